The molecule has 9 heavy (non-hydrogen) atoms. The van der Waals surface area contributed by atoms with Gasteiger partial charge in [-0.2, -0.15) is 0 Å². The topological polar surface area (TPSA) is 43.1 Å². The van der Waals surface area contributed by atoms with Crippen LogP contribution >= 0.6 is 0 Å². The Morgan fingerprint density at radius 3 is 2.67 bits per heavy atom. The van der Waals surface area contributed by atoms with Crippen molar-refractivity contribution in [3.63, 3.8) is 0 Å². The minimum atomic E-state index is -0.148. The van der Waals surface area contributed by atoms with Crippen LogP contribution in [-0.2, 0) is 4.79 Å². The van der Waals surface area contributed by atoms with Crippen LogP contribution in [-0.4, -0.2) is 11.3 Å². The first kappa shape index (κ1) is 6.49. The Kier molecular flexibility index (Phi) is 1.41. The van der Waals surface area contributed by atoms with Crippen molar-refractivity contribution in [2.24, 2.45) is 5.73 Å². The van der Waals surface area contributed by atoms with Crippen LogP contribution in [0.4, 0.5) is 0 Å². The molecule has 0 aliphatic heterocycles. The molecule has 2 nitrogen and oxygen atoms in total. The maximum atomic E-state index is 10.7. The predicted octanol–water partition coefficient (Wildman–Crippen LogP) is 0.623. The molecule has 50 valence electrons. The lowest BCUT2D eigenvalue weighted by molar-refractivity contribution is -0.115. The first-order valence-electron chi connectivity index (χ1n) is 3.10. The van der Waals surface area contributed by atoms with Crippen LogP contribution in [0.5, 0.6) is 0 Å². The van der Waals surface area contributed by atoms with Gasteiger partial charge in [0, 0.05) is 12.0 Å². The molecule has 0 aromatic heterocycles. The monoisotopic (exact) mass is 125 g/mol. The van der Waals surface area contributed by atoms with E-state index in [2.05, 4.69) is 6.58 Å². The Balaban J connectivity index is 2.33. The number of allylic oxidation sites excluding steroid dienone is 1. The molecular weight excluding hydrogens is 114 g/mol. The molecule has 0 bridgehead atoms. The van der Waals surface area contributed by atoms with Gasteiger partial charge in [0.2, 0.25) is 0 Å². The summed E-state index contributed by atoms with van der Waals surface area (Å²) in [5, 5.41) is 0. The summed E-state index contributed by atoms with van der Waals surface area (Å²) in [6.07, 6.45) is 3.81. The van der Waals surface area contributed by atoms with Crippen LogP contribution in [0.15, 0.2) is 12.7 Å². The number of carbonyl (C=O) groups is 1. The third kappa shape index (κ3) is 1.64. The van der Waals surface area contributed by atoms with Crippen molar-refractivity contribution < 1.29 is 4.79 Å². The molecule has 0 amide bonds. The zero-order valence-corrected chi connectivity index (χ0v) is 5.39. The fraction of sp³-hybridized carbons (Fsp3) is 0.571. The molecule has 0 unspecified atom stereocenters. The second kappa shape index (κ2) is 1.95. The molecule has 2 heteroatoms. The smallest absolute Gasteiger partial charge is 0.156 e. The van der Waals surface area contributed by atoms with Gasteiger partial charge in [0.25, 0.3) is 0 Å². The van der Waals surface area contributed by atoms with Gasteiger partial charge < -0.3 is 5.73 Å². The van der Waals surface area contributed by atoms with Crippen molar-refractivity contribution in [1.82, 2.24) is 0 Å². The van der Waals surface area contributed by atoms with E-state index in [9.17, 15) is 4.79 Å². The molecule has 0 radical (unpaired) electrons. The fourth-order valence-corrected chi connectivity index (χ4v) is 0.756. The summed E-state index contributed by atoms with van der Waals surface area (Å²) in [6.45, 7) is 3.37. The number of ketones is 1. The normalized spacial score (nSPS) is 21.0. The Morgan fingerprint density at radius 1 is 1.78 bits per heavy atom. The van der Waals surface area contributed by atoms with Crippen LogP contribution < -0.4 is 5.73 Å². The lowest BCUT2D eigenvalue weighted by Gasteiger charge is -2.02. The van der Waals surface area contributed by atoms with Gasteiger partial charge in [-0.15, -0.1) is 0 Å². The van der Waals surface area contributed by atoms with Crippen molar-refractivity contribution in [3.8, 4) is 0 Å². The summed E-state index contributed by atoms with van der Waals surface area (Å²) in [5.74, 6) is 0.0648. The third-order valence-electron chi connectivity index (χ3n) is 1.65. The van der Waals surface area contributed by atoms with Gasteiger partial charge in [0.05, 0.1) is 0 Å². The van der Waals surface area contributed by atoms with Gasteiger partial charge in [-0.25, -0.2) is 0 Å². The molecule has 2 N–H and O–H groups in total. The molecule has 1 aliphatic rings. The van der Waals surface area contributed by atoms with E-state index in [1.54, 1.807) is 0 Å². The maximum Gasteiger partial charge on any atom is 0.156 e. The van der Waals surface area contributed by atoms with Crippen molar-refractivity contribution >= 4 is 5.78 Å². The number of carbonyl (C=O) groups excluding carboxylic acids is 1. The quantitative estimate of drug-likeness (QED) is 0.562. The third-order valence-corrected chi connectivity index (χ3v) is 1.65. The number of hydrogen-bond acceptors (Lipinski definition) is 2. The molecule has 0 heterocycles. The zero-order valence-electron chi connectivity index (χ0n) is 5.39. The van der Waals surface area contributed by atoms with Gasteiger partial charge in [-0.1, -0.05) is 6.58 Å². The average Bonchev–Trinajstić information content (AvgIpc) is 2.48. The lowest BCUT2D eigenvalue weighted by atomic mass is 10.1. The molecule has 0 aromatic rings. The lowest BCUT2D eigenvalue weighted by Crippen LogP contribution is -2.24. The highest BCUT2D eigenvalue weighted by Crippen LogP contribution is 2.35. The SMILES string of the molecule is C=CC(=O)CC1(N)CC1. The number of hydrogen-bond donors (Lipinski definition) is 1. The van der Waals surface area contributed by atoms with E-state index in [0.717, 1.165) is 12.8 Å². The van der Waals surface area contributed by atoms with Gasteiger partial charge in [-0.05, 0) is 18.9 Å². The molecule has 0 spiro atoms. The molecule has 1 rings (SSSR count). The van der Waals surface area contributed by atoms with E-state index in [1.807, 2.05) is 0 Å². The molecule has 0 aromatic carbocycles. The summed E-state index contributed by atoms with van der Waals surface area (Å²) in [5.41, 5.74) is 5.51. The van der Waals surface area contributed by atoms with E-state index >= 15 is 0 Å². The van der Waals surface area contributed by atoms with Gasteiger partial charge >= 0.3 is 0 Å². The van der Waals surface area contributed by atoms with Crippen LogP contribution in [0, 0.1) is 0 Å². The summed E-state index contributed by atoms with van der Waals surface area (Å²) < 4.78 is 0. The maximum absolute atomic E-state index is 10.7. The molecule has 0 saturated heterocycles. The highest BCUT2D eigenvalue weighted by molar-refractivity contribution is 5.90. The van der Waals surface area contributed by atoms with E-state index in [1.165, 1.54) is 6.08 Å². The average molecular weight is 125 g/mol. The number of nitrogens with two attached hydrogens (primary N) is 1. The molecule has 1 saturated carbocycles. The Hall–Kier alpha value is -0.630. The van der Waals surface area contributed by atoms with Crippen molar-refractivity contribution in [1.29, 1.82) is 0 Å². The standard InChI is InChI=1S/C7H11NO/c1-2-6(9)5-7(8)3-4-7/h2H,1,3-5,8H2. The fourth-order valence-electron chi connectivity index (χ4n) is 0.756. The second-order valence-corrected chi connectivity index (χ2v) is 2.71. The number of rotatable bonds is 3. The van der Waals surface area contributed by atoms with Gasteiger partial charge in [0.15, 0.2) is 5.78 Å². The molecule has 0 atom stereocenters. The molecular formula is C7H11NO. The van der Waals surface area contributed by atoms with Crippen LogP contribution in [0.3, 0.4) is 0 Å². The van der Waals surface area contributed by atoms with Gasteiger partial charge in [0.1, 0.15) is 0 Å². The Labute approximate surface area is 54.7 Å². The minimum Gasteiger partial charge on any atom is -0.325 e. The Morgan fingerprint density at radius 2 is 2.33 bits per heavy atom. The van der Waals surface area contributed by atoms with Crippen molar-refractivity contribution in [3.05, 3.63) is 12.7 Å². The van der Waals surface area contributed by atoms with Crippen LogP contribution in [0.25, 0.3) is 0 Å². The largest absolute Gasteiger partial charge is 0.325 e. The minimum absolute atomic E-state index is 0.0648. The first-order chi connectivity index (χ1) is 4.16. The zero-order chi connectivity index (χ0) is 6.91. The summed E-state index contributed by atoms with van der Waals surface area (Å²) >= 11 is 0. The molecule has 1 aliphatic carbocycles. The highest BCUT2D eigenvalue weighted by Gasteiger charge is 2.39. The van der Waals surface area contributed by atoms with Crippen LogP contribution in [0.1, 0.15) is 19.3 Å². The molecule has 1 fully saturated rings. The van der Waals surface area contributed by atoms with Crippen molar-refractivity contribution in [2.45, 2.75) is 24.8 Å². The Bertz CT molecular complexity index is 147. The highest BCUT2D eigenvalue weighted by atomic mass is 16.1. The first-order valence-corrected chi connectivity index (χ1v) is 3.10. The van der Waals surface area contributed by atoms with E-state index < -0.39 is 0 Å². The second-order valence-electron chi connectivity index (χ2n) is 2.71. The van der Waals surface area contributed by atoms with E-state index in [0.29, 0.717) is 6.42 Å². The van der Waals surface area contributed by atoms with Crippen molar-refractivity contribution in [2.75, 3.05) is 0 Å². The van der Waals surface area contributed by atoms with Gasteiger partial charge in [-0.3, -0.25) is 4.79 Å². The summed E-state index contributed by atoms with van der Waals surface area (Å²) in [6, 6.07) is 0. The summed E-state index contributed by atoms with van der Waals surface area (Å²) in [7, 11) is 0. The van der Waals surface area contributed by atoms with Crippen LogP contribution in [0.2, 0.25) is 0 Å². The van der Waals surface area contributed by atoms with E-state index in [-0.39, 0.29) is 11.3 Å². The summed E-state index contributed by atoms with van der Waals surface area (Å²) in [4.78, 5) is 10.7. The predicted molar refractivity (Wildman–Crippen MR) is 36.0 cm³/mol. The van der Waals surface area contributed by atoms with E-state index in [4.69, 9.17) is 5.73 Å².